The second-order valence-electron chi connectivity index (χ2n) is 4.88. The van der Waals surface area contributed by atoms with Crippen molar-refractivity contribution in [2.45, 2.75) is 12.8 Å². The molecule has 0 radical (unpaired) electrons. The van der Waals surface area contributed by atoms with Crippen molar-refractivity contribution < 1.29 is 9.53 Å². The largest absolute Gasteiger partial charge is 0.494 e. The second-order valence-corrected chi connectivity index (χ2v) is 4.88. The van der Waals surface area contributed by atoms with Crippen LogP contribution in [0.1, 0.15) is 27.9 Å². The lowest BCUT2D eigenvalue weighted by molar-refractivity contribution is 0.104. The van der Waals surface area contributed by atoms with Gasteiger partial charge in [-0.3, -0.25) is 4.79 Å². The highest BCUT2D eigenvalue weighted by Crippen LogP contribution is 2.24. The third-order valence-electron chi connectivity index (χ3n) is 3.43. The Kier molecular flexibility index (Phi) is 3.64. The van der Waals surface area contributed by atoms with Crippen molar-refractivity contribution in [3.05, 3.63) is 71.3 Å². The summed E-state index contributed by atoms with van der Waals surface area (Å²) < 4.78 is 5.72. The number of allylic oxidation sites excluding steroid dienone is 1. The minimum absolute atomic E-state index is 0.0646. The molecule has 0 atom stereocenters. The Morgan fingerprint density at radius 2 is 1.80 bits per heavy atom. The smallest absolute Gasteiger partial charge is 0.186 e. The number of benzene rings is 2. The van der Waals surface area contributed by atoms with Gasteiger partial charge in [-0.1, -0.05) is 42.5 Å². The zero-order chi connectivity index (χ0) is 13.8. The van der Waals surface area contributed by atoms with Crippen LogP contribution in [0, 0.1) is 0 Å². The van der Waals surface area contributed by atoms with E-state index in [9.17, 15) is 4.79 Å². The standard InChI is InChI=1S/C18H16O2/c19-18-11-9-15-8-10-16(13-17(15)18)20-12-4-7-14-5-2-1-3-6-14/h1-3,5-6,8-11,13H,4,7,12H2. The lowest BCUT2D eigenvalue weighted by atomic mass is 10.1. The van der Waals surface area contributed by atoms with Crippen LogP contribution in [0.3, 0.4) is 0 Å². The van der Waals surface area contributed by atoms with Crippen molar-refractivity contribution in [2.24, 2.45) is 0 Å². The highest BCUT2D eigenvalue weighted by Gasteiger charge is 2.14. The molecule has 0 aliphatic heterocycles. The van der Waals surface area contributed by atoms with E-state index in [1.165, 1.54) is 5.56 Å². The molecule has 2 nitrogen and oxygen atoms in total. The molecule has 0 spiro atoms. The molecular weight excluding hydrogens is 248 g/mol. The van der Waals surface area contributed by atoms with E-state index >= 15 is 0 Å². The lowest BCUT2D eigenvalue weighted by Gasteiger charge is -2.07. The van der Waals surface area contributed by atoms with Crippen molar-refractivity contribution in [2.75, 3.05) is 6.61 Å². The number of hydrogen-bond acceptors (Lipinski definition) is 2. The molecule has 0 fully saturated rings. The van der Waals surface area contributed by atoms with Crippen molar-refractivity contribution in [3.63, 3.8) is 0 Å². The topological polar surface area (TPSA) is 26.3 Å². The van der Waals surface area contributed by atoms with Crippen molar-refractivity contribution >= 4 is 11.9 Å². The number of carbonyl (C=O) groups is 1. The Hall–Kier alpha value is -2.35. The Morgan fingerprint density at radius 1 is 0.950 bits per heavy atom. The minimum atomic E-state index is 0.0646. The van der Waals surface area contributed by atoms with Crippen LogP contribution in [0.4, 0.5) is 0 Å². The third kappa shape index (κ3) is 2.80. The van der Waals surface area contributed by atoms with Gasteiger partial charge in [-0.25, -0.2) is 0 Å². The van der Waals surface area contributed by atoms with Gasteiger partial charge < -0.3 is 4.74 Å². The maximum atomic E-state index is 11.6. The summed E-state index contributed by atoms with van der Waals surface area (Å²) in [4.78, 5) is 11.6. The van der Waals surface area contributed by atoms with Crippen LogP contribution in [-0.4, -0.2) is 12.4 Å². The predicted molar refractivity (Wildman–Crippen MR) is 80.1 cm³/mol. The Bertz CT molecular complexity index is 642. The van der Waals surface area contributed by atoms with Crippen molar-refractivity contribution in [1.82, 2.24) is 0 Å². The average Bonchev–Trinajstić information content (AvgIpc) is 2.86. The van der Waals surface area contributed by atoms with E-state index in [1.807, 2.05) is 30.3 Å². The summed E-state index contributed by atoms with van der Waals surface area (Å²) in [7, 11) is 0. The SMILES string of the molecule is O=C1C=Cc2ccc(OCCCc3ccccc3)cc21. The second kappa shape index (κ2) is 5.74. The molecule has 20 heavy (non-hydrogen) atoms. The Labute approximate surface area is 118 Å². The number of aryl methyl sites for hydroxylation is 1. The van der Waals surface area contributed by atoms with E-state index in [2.05, 4.69) is 24.3 Å². The molecule has 0 unspecified atom stereocenters. The third-order valence-corrected chi connectivity index (χ3v) is 3.43. The molecule has 0 saturated carbocycles. The van der Waals surface area contributed by atoms with E-state index in [1.54, 1.807) is 6.08 Å². The number of rotatable bonds is 5. The van der Waals surface area contributed by atoms with Gasteiger partial charge in [0.25, 0.3) is 0 Å². The zero-order valence-corrected chi connectivity index (χ0v) is 11.2. The first-order valence-electron chi connectivity index (χ1n) is 6.86. The summed E-state index contributed by atoms with van der Waals surface area (Å²) in [6.07, 6.45) is 5.42. The summed E-state index contributed by atoms with van der Waals surface area (Å²) in [5.41, 5.74) is 3.04. The Morgan fingerprint density at radius 3 is 2.65 bits per heavy atom. The van der Waals surface area contributed by atoms with Crippen LogP contribution < -0.4 is 4.74 Å². The predicted octanol–water partition coefficient (Wildman–Crippen LogP) is 3.91. The van der Waals surface area contributed by atoms with Crippen molar-refractivity contribution in [1.29, 1.82) is 0 Å². The fraction of sp³-hybridized carbons (Fsp3) is 0.167. The van der Waals surface area contributed by atoms with E-state index in [-0.39, 0.29) is 5.78 Å². The molecule has 2 aromatic carbocycles. The molecule has 100 valence electrons. The molecule has 0 aromatic heterocycles. The van der Waals surface area contributed by atoms with Crippen LogP contribution in [0.2, 0.25) is 0 Å². The number of fused-ring (bicyclic) bond motifs is 1. The number of hydrogen-bond donors (Lipinski definition) is 0. The van der Waals surface area contributed by atoms with Crippen LogP contribution >= 0.6 is 0 Å². The van der Waals surface area contributed by atoms with Gasteiger partial charge in [0.05, 0.1) is 6.61 Å². The van der Waals surface area contributed by atoms with Gasteiger partial charge in [-0.15, -0.1) is 0 Å². The monoisotopic (exact) mass is 264 g/mol. The van der Waals surface area contributed by atoms with Gasteiger partial charge in [-0.05, 0) is 42.2 Å². The molecule has 3 rings (SSSR count). The summed E-state index contributed by atoms with van der Waals surface area (Å²) in [5, 5.41) is 0. The summed E-state index contributed by atoms with van der Waals surface area (Å²) in [5.74, 6) is 0.837. The van der Waals surface area contributed by atoms with Crippen LogP contribution in [-0.2, 0) is 6.42 Å². The van der Waals surface area contributed by atoms with Gasteiger partial charge >= 0.3 is 0 Å². The van der Waals surface area contributed by atoms with E-state index < -0.39 is 0 Å². The van der Waals surface area contributed by atoms with Gasteiger partial charge in [0.1, 0.15) is 5.75 Å². The van der Waals surface area contributed by atoms with Gasteiger partial charge in [0.15, 0.2) is 5.78 Å². The lowest BCUT2D eigenvalue weighted by Crippen LogP contribution is -2.01. The van der Waals surface area contributed by atoms with Gasteiger partial charge in [-0.2, -0.15) is 0 Å². The summed E-state index contributed by atoms with van der Waals surface area (Å²) >= 11 is 0. The number of ketones is 1. The minimum Gasteiger partial charge on any atom is -0.494 e. The quantitative estimate of drug-likeness (QED) is 0.765. The molecular formula is C18H16O2. The fourth-order valence-electron chi connectivity index (χ4n) is 2.35. The molecule has 1 aliphatic carbocycles. The molecule has 0 amide bonds. The molecule has 1 aliphatic rings. The van der Waals surface area contributed by atoms with Gasteiger partial charge in [0, 0.05) is 5.56 Å². The van der Waals surface area contributed by atoms with Crippen molar-refractivity contribution in [3.8, 4) is 5.75 Å². The maximum absolute atomic E-state index is 11.6. The molecule has 0 N–H and O–H groups in total. The Balaban J connectivity index is 1.52. The van der Waals surface area contributed by atoms with Crippen LogP contribution in [0.15, 0.2) is 54.6 Å². The van der Waals surface area contributed by atoms with E-state index in [4.69, 9.17) is 4.74 Å². The highest BCUT2D eigenvalue weighted by atomic mass is 16.5. The first-order valence-corrected chi connectivity index (χ1v) is 6.86. The van der Waals surface area contributed by atoms with Crippen LogP contribution in [0.25, 0.3) is 6.08 Å². The summed E-state index contributed by atoms with van der Waals surface area (Å²) in [6, 6.07) is 16.1. The zero-order valence-electron chi connectivity index (χ0n) is 11.2. The van der Waals surface area contributed by atoms with E-state index in [0.717, 1.165) is 29.7 Å². The van der Waals surface area contributed by atoms with Gasteiger partial charge in [0.2, 0.25) is 0 Å². The van der Waals surface area contributed by atoms with E-state index in [0.29, 0.717) is 6.61 Å². The maximum Gasteiger partial charge on any atom is 0.186 e. The highest BCUT2D eigenvalue weighted by molar-refractivity contribution is 6.13. The first-order chi connectivity index (χ1) is 9.83. The molecule has 0 saturated heterocycles. The normalized spacial score (nSPS) is 12.5. The number of ether oxygens (including phenoxy) is 1. The molecule has 2 heteroatoms. The average molecular weight is 264 g/mol. The van der Waals surface area contributed by atoms with Crippen LogP contribution in [0.5, 0.6) is 5.75 Å². The fourth-order valence-corrected chi connectivity index (χ4v) is 2.35. The number of carbonyl (C=O) groups excluding carboxylic acids is 1. The first kappa shape index (κ1) is 12.7. The molecule has 2 aromatic rings. The molecule has 0 bridgehead atoms. The summed E-state index contributed by atoms with van der Waals surface area (Å²) in [6.45, 7) is 0.662. The molecule has 0 heterocycles.